The van der Waals surface area contributed by atoms with E-state index in [-0.39, 0.29) is 12.1 Å². The number of rotatable bonds is 0. The Kier molecular flexibility index (Phi) is 6.14. The molecule has 0 aliphatic rings. The summed E-state index contributed by atoms with van der Waals surface area (Å²) in [6, 6.07) is 8.33. The number of para-hydroxylation sites is 1. The first kappa shape index (κ1) is 9.41. The number of hydrogen-bond donors (Lipinski definition) is 1. The largest absolute Gasteiger partial charge is 0.872 e. The average Bonchev–Trinajstić information content (AvgIpc) is 1.91. The first-order valence-electron chi connectivity index (χ1n) is 2.93. The summed E-state index contributed by atoms with van der Waals surface area (Å²) in [5, 5.41) is 17.9. The Morgan fingerprint density at radius 3 is 1.90 bits per heavy atom. The van der Waals surface area contributed by atoms with Gasteiger partial charge in [-0.1, -0.05) is 30.3 Å². The van der Waals surface area contributed by atoms with Crippen molar-refractivity contribution < 1.29 is 10.2 Å². The second-order valence-corrected chi connectivity index (χ2v) is 1.98. The van der Waals surface area contributed by atoms with Crippen LogP contribution in [0.1, 0.15) is 0 Å². The van der Waals surface area contributed by atoms with Crippen molar-refractivity contribution in [2.24, 2.45) is 0 Å². The summed E-state index contributed by atoms with van der Waals surface area (Å²) in [7, 11) is 1.53. The molecule has 1 atom stereocenters. The molecule has 2 nitrogen and oxygen atoms in total. The first-order chi connectivity index (χ1) is 4.81. The number of benzene rings is 1. The van der Waals surface area contributed by atoms with Crippen molar-refractivity contribution >= 4 is 9.24 Å². The second-order valence-electron chi connectivity index (χ2n) is 1.54. The molecule has 0 aliphatic carbocycles. The molecule has 0 bridgehead atoms. The van der Waals surface area contributed by atoms with Crippen LogP contribution in [0.2, 0.25) is 0 Å². The SMILES string of the molecule is OC[PH3+].[O-]c1ccccc1. The summed E-state index contributed by atoms with van der Waals surface area (Å²) < 4.78 is 0. The van der Waals surface area contributed by atoms with E-state index in [1.165, 1.54) is 21.4 Å². The van der Waals surface area contributed by atoms with Crippen LogP contribution in [0.15, 0.2) is 30.3 Å². The van der Waals surface area contributed by atoms with Gasteiger partial charge in [-0.2, -0.15) is 0 Å². The van der Waals surface area contributed by atoms with E-state index >= 15 is 0 Å². The third-order valence-corrected chi connectivity index (χ3v) is 0.743. The summed E-state index contributed by atoms with van der Waals surface area (Å²) >= 11 is 0. The van der Waals surface area contributed by atoms with Crippen LogP contribution in [0.3, 0.4) is 0 Å². The molecule has 56 valence electrons. The summed E-state index contributed by atoms with van der Waals surface area (Å²) in [6.07, 6.45) is 0.278. The average molecular weight is 158 g/mol. The predicted molar refractivity (Wildman–Crippen MR) is 44.1 cm³/mol. The zero-order valence-corrected chi connectivity index (χ0v) is 7.07. The molecule has 0 fully saturated rings. The minimum absolute atomic E-state index is 0.0718. The van der Waals surface area contributed by atoms with Crippen molar-refractivity contribution in [3.8, 4) is 5.75 Å². The maximum absolute atomic E-state index is 10.3. The highest BCUT2D eigenvalue weighted by Crippen LogP contribution is 1.98. The molecule has 0 spiro atoms. The van der Waals surface area contributed by atoms with Crippen LogP contribution >= 0.6 is 9.24 Å². The van der Waals surface area contributed by atoms with Crippen LogP contribution < -0.4 is 5.11 Å². The van der Waals surface area contributed by atoms with Gasteiger partial charge in [0.25, 0.3) is 0 Å². The zero-order valence-electron chi connectivity index (χ0n) is 5.66. The normalized spacial score (nSPS) is 8.10. The van der Waals surface area contributed by atoms with Crippen LogP contribution in [-0.4, -0.2) is 11.5 Å². The number of hydrogen-bond acceptors (Lipinski definition) is 2. The Labute approximate surface area is 62.7 Å². The molecule has 3 heteroatoms. The van der Waals surface area contributed by atoms with Crippen molar-refractivity contribution in [1.29, 1.82) is 0 Å². The molecule has 0 amide bonds. The van der Waals surface area contributed by atoms with Crippen molar-refractivity contribution in [3.63, 3.8) is 0 Å². The minimum atomic E-state index is 0.0718. The molecular weight excluding hydrogens is 147 g/mol. The maximum Gasteiger partial charge on any atom is 0.147 e. The molecule has 1 unspecified atom stereocenters. The summed E-state index contributed by atoms with van der Waals surface area (Å²) in [6.45, 7) is 0. The van der Waals surface area contributed by atoms with Crippen LogP contribution in [-0.2, 0) is 0 Å². The second kappa shape index (κ2) is 6.53. The number of aliphatic hydroxyl groups is 1. The van der Waals surface area contributed by atoms with Gasteiger partial charge < -0.3 is 10.2 Å². The van der Waals surface area contributed by atoms with Gasteiger partial charge in [0.1, 0.15) is 6.35 Å². The molecule has 0 heterocycles. The smallest absolute Gasteiger partial charge is 0.147 e. The predicted octanol–water partition coefficient (Wildman–Crippen LogP) is 0.304. The highest BCUT2D eigenvalue weighted by molar-refractivity contribution is 7.16. The molecule has 1 aromatic carbocycles. The van der Waals surface area contributed by atoms with Gasteiger partial charge >= 0.3 is 0 Å². The van der Waals surface area contributed by atoms with Crippen LogP contribution in [0.5, 0.6) is 5.75 Å². The topological polar surface area (TPSA) is 43.3 Å². The highest BCUT2D eigenvalue weighted by Gasteiger charge is 1.64. The van der Waals surface area contributed by atoms with Crippen molar-refractivity contribution in [2.75, 3.05) is 6.35 Å². The molecule has 1 rings (SSSR count). The molecule has 1 aromatic rings. The third kappa shape index (κ3) is 5.54. The fraction of sp³-hybridized carbons (Fsp3) is 0.143. The van der Waals surface area contributed by atoms with Crippen molar-refractivity contribution in [3.05, 3.63) is 30.3 Å². The minimum Gasteiger partial charge on any atom is -0.872 e. The van der Waals surface area contributed by atoms with E-state index in [0.717, 1.165) is 0 Å². The van der Waals surface area contributed by atoms with E-state index in [0.29, 0.717) is 0 Å². The van der Waals surface area contributed by atoms with E-state index in [4.69, 9.17) is 5.11 Å². The molecule has 0 saturated carbocycles. The van der Waals surface area contributed by atoms with Gasteiger partial charge in [-0.15, -0.1) is 5.75 Å². The summed E-state index contributed by atoms with van der Waals surface area (Å²) in [5.41, 5.74) is 0. The van der Waals surface area contributed by atoms with Crippen LogP contribution in [0.4, 0.5) is 0 Å². The van der Waals surface area contributed by atoms with Gasteiger partial charge in [-0.25, -0.2) is 0 Å². The lowest BCUT2D eigenvalue weighted by molar-refractivity contribution is -0.268. The molecule has 1 N–H and O–H groups in total. The Morgan fingerprint density at radius 2 is 1.70 bits per heavy atom. The van der Waals surface area contributed by atoms with E-state index in [9.17, 15) is 5.11 Å². The van der Waals surface area contributed by atoms with E-state index in [2.05, 4.69) is 0 Å². The van der Waals surface area contributed by atoms with Crippen LogP contribution in [0.25, 0.3) is 0 Å². The third-order valence-electron chi connectivity index (χ3n) is 0.743. The molecular formula is C7H11O2P. The Balaban J connectivity index is 0.000000236. The first-order valence-corrected chi connectivity index (χ1v) is 3.93. The highest BCUT2D eigenvalue weighted by atomic mass is 31.0. The maximum atomic E-state index is 10.3. The molecule has 0 saturated heterocycles. The fourth-order valence-corrected chi connectivity index (χ4v) is 0.420. The summed E-state index contributed by atoms with van der Waals surface area (Å²) in [5.74, 6) is 0.0718. The van der Waals surface area contributed by atoms with Gasteiger partial charge in [-0.3, -0.25) is 0 Å². The lowest BCUT2D eigenvalue weighted by Gasteiger charge is -1.98. The van der Waals surface area contributed by atoms with Crippen molar-refractivity contribution in [2.45, 2.75) is 0 Å². The standard InChI is InChI=1S/C6H6O.CH5OP/c7-6-4-2-1-3-5-6;2-1-3/h1-5,7H;2H,1,3H2. The van der Waals surface area contributed by atoms with Crippen molar-refractivity contribution in [1.82, 2.24) is 0 Å². The Bertz CT molecular complexity index is 153. The molecule has 0 radical (unpaired) electrons. The van der Waals surface area contributed by atoms with E-state index in [1.54, 1.807) is 12.1 Å². The molecule has 10 heavy (non-hydrogen) atoms. The van der Waals surface area contributed by atoms with Gasteiger partial charge in [0, 0.05) is 9.24 Å². The summed E-state index contributed by atoms with van der Waals surface area (Å²) in [4.78, 5) is 0. The number of aliphatic hydroxyl groups excluding tert-OH is 1. The van der Waals surface area contributed by atoms with Crippen LogP contribution in [0, 0.1) is 0 Å². The Hall–Kier alpha value is -0.590. The van der Waals surface area contributed by atoms with E-state index < -0.39 is 0 Å². The Morgan fingerprint density at radius 1 is 1.30 bits per heavy atom. The van der Waals surface area contributed by atoms with Gasteiger partial charge in [0.15, 0.2) is 0 Å². The fourth-order valence-electron chi connectivity index (χ4n) is 0.420. The zero-order chi connectivity index (χ0) is 7.82. The van der Waals surface area contributed by atoms with E-state index in [1.807, 2.05) is 6.07 Å². The lowest BCUT2D eigenvalue weighted by atomic mass is 10.3. The molecule has 0 aromatic heterocycles. The van der Waals surface area contributed by atoms with Gasteiger partial charge in [0.2, 0.25) is 0 Å². The molecule has 0 aliphatic heterocycles. The van der Waals surface area contributed by atoms with Gasteiger partial charge in [0.05, 0.1) is 0 Å². The van der Waals surface area contributed by atoms with Gasteiger partial charge in [-0.05, 0) is 0 Å². The monoisotopic (exact) mass is 158 g/mol. The quantitative estimate of drug-likeness (QED) is 0.552. The lowest BCUT2D eigenvalue weighted by Crippen LogP contribution is -1.85.